The lowest BCUT2D eigenvalue weighted by molar-refractivity contribution is -0.896. The van der Waals surface area contributed by atoms with Crippen molar-refractivity contribution in [3.8, 4) is 11.4 Å². The van der Waals surface area contributed by atoms with Crippen LogP contribution < -0.4 is 20.5 Å². The van der Waals surface area contributed by atoms with Gasteiger partial charge in [-0.15, -0.1) is 0 Å². The van der Waals surface area contributed by atoms with Gasteiger partial charge < -0.3 is 15.0 Å². The van der Waals surface area contributed by atoms with Gasteiger partial charge in [-0.1, -0.05) is 18.2 Å². The zero-order valence-corrected chi connectivity index (χ0v) is 18.5. The van der Waals surface area contributed by atoms with Crippen LogP contribution in [0.25, 0.3) is 16.5 Å². The first-order chi connectivity index (χ1) is 15.1. The van der Waals surface area contributed by atoms with Gasteiger partial charge in [-0.25, -0.2) is 0 Å². The molecule has 164 valence electrons. The van der Waals surface area contributed by atoms with Crippen LogP contribution in [0.15, 0.2) is 53.3 Å². The smallest absolute Gasteiger partial charge is 0.279 e. The number of carbonyl (C=O) groups excluding carboxylic acids is 1. The van der Waals surface area contributed by atoms with E-state index in [1.807, 2.05) is 13.0 Å². The molecule has 7 heteroatoms. The number of hydrogen-bond acceptors (Lipinski definition) is 4. The molecule has 1 aromatic heterocycles. The Bertz CT molecular complexity index is 1070. The molecule has 1 heterocycles. The minimum Gasteiger partial charge on any atom is -0.494 e. The van der Waals surface area contributed by atoms with Crippen molar-refractivity contribution in [2.75, 3.05) is 32.8 Å². The summed E-state index contributed by atoms with van der Waals surface area (Å²) in [4.78, 5) is 27.5. The molecule has 0 aliphatic rings. The number of ether oxygens (including phenoxy) is 1. The maximum atomic E-state index is 13.1. The first kappa shape index (κ1) is 22.5. The van der Waals surface area contributed by atoms with Crippen LogP contribution in [0.1, 0.15) is 37.7 Å². The molecule has 2 aromatic carbocycles. The highest BCUT2D eigenvalue weighted by atomic mass is 16.5. The van der Waals surface area contributed by atoms with Crippen molar-refractivity contribution in [1.82, 2.24) is 15.1 Å². The van der Waals surface area contributed by atoms with Gasteiger partial charge in [0.15, 0.2) is 5.69 Å². The third-order valence-electron chi connectivity index (χ3n) is 5.40. The summed E-state index contributed by atoms with van der Waals surface area (Å²) in [6, 6.07) is 14.2. The van der Waals surface area contributed by atoms with Crippen molar-refractivity contribution in [3.05, 3.63) is 64.6 Å². The Kier molecular flexibility index (Phi) is 7.78. The van der Waals surface area contributed by atoms with E-state index in [-0.39, 0.29) is 17.2 Å². The van der Waals surface area contributed by atoms with Crippen molar-refractivity contribution in [3.63, 3.8) is 0 Å². The van der Waals surface area contributed by atoms with Gasteiger partial charge >= 0.3 is 0 Å². The minimum atomic E-state index is -0.273. The Labute approximate surface area is 182 Å². The molecule has 1 amide bonds. The second-order valence-electron chi connectivity index (χ2n) is 7.35. The molecule has 3 aromatic rings. The largest absolute Gasteiger partial charge is 0.494 e. The molecule has 0 bridgehead atoms. The Morgan fingerprint density at radius 2 is 1.71 bits per heavy atom. The molecule has 0 saturated heterocycles. The number of benzene rings is 2. The van der Waals surface area contributed by atoms with E-state index in [0.29, 0.717) is 35.4 Å². The number of nitrogens with zero attached hydrogens (tertiary/aromatic N) is 2. The molecular weight excluding hydrogens is 392 g/mol. The zero-order chi connectivity index (χ0) is 22.2. The Hall–Kier alpha value is -3.19. The van der Waals surface area contributed by atoms with Gasteiger partial charge in [0.25, 0.3) is 11.5 Å². The molecule has 3 rings (SSSR count). The number of rotatable bonds is 10. The van der Waals surface area contributed by atoms with E-state index in [0.717, 1.165) is 26.1 Å². The van der Waals surface area contributed by atoms with Crippen LogP contribution in [-0.2, 0) is 0 Å². The van der Waals surface area contributed by atoms with Crippen LogP contribution in [0.4, 0.5) is 0 Å². The van der Waals surface area contributed by atoms with Crippen LogP contribution >= 0.6 is 0 Å². The second kappa shape index (κ2) is 10.7. The molecule has 0 unspecified atom stereocenters. The maximum absolute atomic E-state index is 13.1. The number of quaternary nitrogens is 1. The van der Waals surface area contributed by atoms with Crippen molar-refractivity contribution in [2.24, 2.45) is 0 Å². The van der Waals surface area contributed by atoms with Crippen molar-refractivity contribution in [1.29, 1.82) is 0 Å². The Morgan fingerprint density at radius 3 is 2.35 bits per heavy atom. The fraction of sp³-hybridized carbons (Fsp3) is 0.375. The predicted molar refractivity (Wildman–Crippen MR) is 122 cm³/mol. The average molecular weight is 424 g/mol. The topological polar surface area (TPSA) is 77.7 Å². The summed E-state index contributed by atoms with van der Waals surface area (Å²) in [5.41, 5.74) is 0.569. The highest BCUT2D eigenvalue weighted by Gasteiger charge is 2.17. The van der Waals surface area contributed by atoms with Gasteiger partial charge in [-0.05, 0) is 51.1 Å². The van der Waals surface area contributed by atoms with E-state index in [1.165, 1.54) is 9.58 Å². The Morgan fingerprint density at radius 1 is 1.03 bits per heavy atom. The fourth-order valence-corrected chi connectivity index (χ4v) is 3.61. The summed E-state index contributed by atoms with van der Waals surface area (Å²) in [6.45, 7) is 10.5. The molecular formula is C24H31N4O3+. The third-order valence-corrected chi connectivity index (χ3v) is 5.40. The summed E-state index contributed by atoms with van der Waals surface area (Å²) in [5, 5.41) is 8.43. The molecule has 0 aliphatic heterocycles. The normalized spacial score (nSPS) is 11.1. The molecule has 0 aliphatic carbocycles. The summed E-state index contributed by atoms with van der Waals surface area (Å²) >= 11 is 0. The van der Waals surface area contributed by atoms with E-state index < -0.39 is 0 Å². The number of aromatic nitrogens is 2. The van der Waals surface area contributed by atoms with Gasteiger partial charge in [0, 0.05) is 18.4 Å². The van der Waals surface area contributed by atoms with Crippen molar-refractivity contribution < 1.29 is 14.4 Å². The zero-order valence-electron chi connectivity index (χ0n) is 18.5. The van der Waals surface area contributed by atoms with Gasteiger partial charge in [0.05, 0.1) is 37.3 Å². The molecule has 0 atom stereocenters. The van der Waals surface area contributed by atoms with Crippen LogP contribution in [0.5, 0.6) is 5.75 Å². The van der Waals surface area contributed by atoms with Crippen LogP contribution in [0, 0.1) is 0 Å². The molecule has 0 saturated carbocycles. The van der Waals surface area contributed by atoms with Gasteiger partial charge in [-0.3, -0.25) is 9.59 Å². The maximum Gasteiger partial charge on any atom is 0.279 e. The molecule has 0 fully saturated rings. The number of fused-ring (bicyclic) bond motifs is 1. The summed E-state index contributed by atoms with van der Waals surface area (Å²) in [7, 11) is 0. The summed E-state index contributed by atoms with van der Waals surface area (Å²) in [6.07, 6.45) is 0.888. The molecule has 31 heavy (non-hydrogen) atoms. The standard InChI is InChI=1S/C24H30N4O3/c1-4-27(5-2)17-9-16-25-23(29)22-20-10-7-8-11-21(20)24(30)28(26-22)18-12-14-19(15-13-18)31-6-3/h7-8,10-15H,4-6,9,16-17H2,1-3H3,(H,25,29)/p+1. The lowest BCUT2D eigenvalue weighted by Gasteiger charge is -2.15. The van der Waals surface area contributed by atoms with E-state index in [1.54, 1.807) is 42.5 Å². The predicted octanol–water partition coefficient (Wildman–Crippen LogP) is 1.83. The van der Waals surface area contributed by atoms with Gasteiger partial charge in [0.2, 0.25) is 0 Å². The first-order valence-corrected chi connectivity index (χ1v) is 11.0. The van der Waals surface area contributed by atoms with Crippen LogP contribution in [-0.4, -0.2) is 48.5 Å². The monoisotopic (exact) mass is 423 g/mol. The summed E-state index contributed by atoms with van der Waals surface area (Å²) in [5.74, 6) is 0.443. The van der Waals surface area contributed by atoms with E-state index in [2.05, 4.69) is 24.3 Å². The number of carbonyl (C=O) groups is 1. The lowest BCUT2D eigenvalue weighted by Crippen LogP contribution is -3.11. The van der Waals surface area contributed by atoms with Crippen LogP contribution in [0.2, 0.25) is 0 Å². The molecule has 0 radical (unpaired) electrons. The minimum absolute atomic E-state index is 0.249. The quantitative estimate of drug-likeness (QED) is 0.488. The van der Waals surface area contributed by atoms with E-state index in [4.69, 9.17) is 4.74 Å². The summed E-state index contributed by atoms with van der Waals surface area (Å²) < 4.78 is 6.76. The fourth-order valence-electron chi connectivity index (χ4n) is 3.61. The Balaban J connectivity index is 1.89. The number of amides is 1. The average Bonchev–Trinajstić information content (AvgIpc) is 2.80. The number of hydrogen-bond donors (Lipinski definition) is 2. The molecule has 0 spiro atoms. The van der Waals surface area contributed by atoms with E-state index >= 15 is 0 Å². The highest BCUT2D eigenvalue weighted by molar-refractivity contribution is 6.04. The van der Waals surface area contributed by atoms with Gasteiger partial charge in [-0.2, -0.15) is 9.78 Å². The molecule has 7 nitrogen and oxygen atoms in total. The number of nitrogens with one attached hydrogen (secondary N) is 2. The van der Waals surface area contributed by atoms with Crippen molar-refractivity contribution in [2.45, 2.75) is 27.2 Å². The third kappa shape index (κ3) is 5.30. The SMILES string of the molecule is CCOc1ccc(-n2nc(C(=O)NCCC[NH+](CC)CC)c3ccccc3c2=O)cc1. The van der Waals surface area contributed by atoms with Gasteiger partial charge in [0.1, 0.15) is 5.75 Å². The highest BCUT2D eigenvalue weighted by Crippen LogP contribution is 2.17. The van der Waals surface area contributed by atoms with Crippen LogP contribution in [0.3, 0.4) is 0 Å². The molecule has 2 N–H and O–H groups in total. The lowest BCUT2D eigenvalue weighted by atomic mass is 10.1. The van der Waals surface area contributed by atoms with Crippen molar-refractivity contribution >= 4 is 16.7 Å². The van der Waals surface area contributed by atoms with E-state index in [9.17, 15) is 9.59 Å². The second-order valence-corrected chi connectivity index (χ2v) is 7.35. The first-order valence-electron chi connectivity index (χ1n) is 11.0.